The van der Waals surface area contributed by atoms with E-state index in [0.717, 1.165) is 22.7 Å². The smallest absolute Gasteiger partial charge is 0.243 e. The van der Waals surface area contributed by atoms with E-state index in [-0.39, 0.29) is 23.5 Å². The van der Waals surface area contributed by atoms with Gasteiger partial charge in [-0.3, -0.25) is 4.79 Å². The van der Waals surface area contributed by atoms with Crippen molar-refractivity contribution in [1.82, 2.24) is 9.21 Å². The first-order valence-electron chi connectivity index (χ1n) is 10.3. The lowest BCUT2D eigenvalue weighted by Crippen LogP contribution is -2.43. The van der Waals surface area contributed by atoms with Gasteiger partial charge in [-0.2, -0.15) is 9.57 Å². The summed E-state index contributed by atoms with van der Waals surface area (Å²) in [4.78, 5) is 14.8. The molecule has 1 aliphatic heterocycles. The van der Waals surface area contributed by atoms with Crippen LogP contribution in [0.15, 0.2) is 53.4 Å². The van der Waals surface area contributed by atoms with Gasteiger partial charge in [-0.05, 0) is 54.8 Å². The van der Waals surface area contributed by atoms with E-state index in [2.05, 4.69) is 0 Å². The molecular weight excluding hydrogens is 430 g/mol. The van der Waals surface area contributed by atoms with Crippen molar-refractivity contribution in [3.63, 3.8) is 0 Å². The lowest BCUT2D eigenvalue weighted by Gasteiger charge is -2.28. The molecular formula is C23H27N3O5S. The fourth-order valence-corrected chi connectivity index (χ4v) is 4.66. The minimum absolute atomic E-state index is 0.0327. The van der Waals surface area contributed by atoms with Gasteiger partial charge in [0.25, 0.3) is 0 Å². The Labute approximate surface area is 189 Å². The predicted octanol–water partition coefficient (Wildman–Crippen LogP) is 2.40. The number of benzene rings is 2. The first-order valence-corrected chi connectivity index (χ1v) is 11.8. The van der Waals surface area contributed by atoms with Crippen molar-refractivity contribution in [1.29, 1.82) is 5.26 Å². The molecule has 0 bridgehead atoms. The zero-order valence-electron chi connectivity index (χ0n) is 18.2. The molecule has 2 aromatic carbocycles. The number of nitrogens with zero attached hydrogens (tertiary/aromatic N) is 3. The molecule has 1 saturated heterocycles. The molecule has 1 unspecified atom stereocenters. The van der Waals surface area contributed by atoms with E-state index in [1.807, 2.05) is 30.3 Å². The zero-order chi connectivity index (χ0) is 23.1. The van der Waals surface area contributed by atoms with E-state index in [9.17, 15) is 13.2 Å². The molecule has 1 atom stereocenters. The van der Waals surface area contributed by atoms with Crippen LogP contribution in [0.2, 0.25) is 0 Å². The molecule has 170 valence electrons. The number of amides is 1. The lowest BCUT2D eigenvalue weighted by molar-refractivity contribution is -0.133. The topological polar surface area (TPSA) is 99.9 Å². The third-order valence-electron chi connectivity index (χ3n) is 5.36. The minimum Gasteiger partial charge on any atom is -0.497 e. The quantitative estimate of drug-likeness (QED) is 0.573. The van der Waals surface area contributed by atoms with Crippen molar-refractivity contribution in [2.24, 2.45) is 0 Å². The molecule has 9 heteroatoms. The Morgan fingerprint density at radius 2 is 2.00 bits per heavy atom. The number of sulfonamides is 1. The Morgan fingerprint density at radius 1 is 1.25 bits per heavy atom. The fraction of sp³-hybridized carbons (Fsp3) is 0.391. The van der Waals surface area contributed by atoms with Crippen LogP contribution in [0.4, 0.5) is 0 Å². The molecule has 8 nitrogen and oxygen atoms in total. The van der Waals surface area contributed by atoms with Gasteiger partial charge in [0, 0.05) is 26.7 Å². The second kappa shape index (κ2) is 10.6. The lowest BCUT2D eigenvalue weighted by atomic mass is 10.1. The summed E-state index contributed by atoms with van der Waals surface area (Å²) in [6.07, 6.45) is 1.74. The first kappa shape index (κ1) is 23.7. The van der Waals surface area contributed by atoms with E-state index in [1.54, 1.807) is 12.0 Å². The number of carbonyl (C=O) groups is 1. The van der Waals surface area contributed by atoms with E-state index < -0.39 is 10.0 Å². The SMILES string of the molecule is COc1cccc(CN(CC2CCCO2)C(=O)CN(C)S(=O)(=O)c2ccc(C#N)cc2)c1. The molecule has 0 radical (unpaired) electrons. The molecule has 1 fully saturated rings. The van der Waals surface area contributed by atoms with Gasteiger partial charge >= 0.3 is 0 Å². The number of ether oxygens (including phenoxy) is 2. The van der Waals surface area contributed by atoms with Crippen molar-refractivity contribution in [2.45, 2.75) is 30.4 Å². The highest BCUT2D eigenvalue weighted by molar-refractivity contribution is 7.89. The summed E-state index contributed by atoms with van der Waals surface area (Å²) in [5.41, 5.74) is 1.25. The molecule has 2 aromatic rings. The van der Waals surface area contributed by atoms with Crippen molar-refractivity contribution in [3.8, 4) is 11.8 Å². The summed E-state index contributed by atoms with van der Waals surface area (Å²) in [5, 5.41) is 8.91. The van der Waals surface area contributed by atoms with Crippen LogP contribution in [-0.2, 0) is 26.1 Å². The molecule has 1 aliphatic rings. The van der Waals surface area contributed by atoms with E-state index in [0.29, 0.717) is 31.0 Å². The number of nitriles is 1. The Morgan fingerprint density at radius 3 is 2.62 bits per heavy atom. The highest BCUT2D eigenvalue weighted by atomic mass is 32.2. The zero-order valence-corrected chi connectivity index (χ0v) is 19.0. The summed E-state index contributed by atoms with van der Waals surface area (Å²) in [7, 11) is -0.921. The van der Waals surface area contributed by atoms with E-state index >= 15 is 0 Å². The van der Waals surface area contributed by atoms with Gasteiger partial charge in [-0.25, -0.2) is 8.42 Å². The molecule has 3 rings (SSSR count). The molecule has 0 saturated carbocycles. The average molecular weight is 458 g/mol. The summed E-state index contributed by atoms with van der Waals surface area (Å²) in [6, 6.07) is 15.0. The van der Waals surface area contributed by atoms with Gasteiger partial charge in [0.05, 0.1) is 36.3 Å². The van der Waals surface area contributed by atoms with Crippen LogP contribution in [0.3, 0.4) is 0 Å². The minimum atomic E-state index is -3.88. The summed E-state index contributed by atoms with van der Waals surface area (Å²) in [6.45, 7) is 1.07. The maximum absolute atomic E-state index is 13.2. The van der Waals surface area contributed by atoms with Crippen LogP contribution in [0.5, 0.6) is 5.75 Å². The van der Waals surface area contributed by atoms with Gasteiger partial charge in [0.2, 0.25) is 15.9 Å². The molecule has 0 spiro atoms. The fourth-order valence-electron chi connectivity index (χ4n) is 3.54. The van der Waals surface area contributed by atoms with Crippen LogP contribution < -0.4 is 4.74 Å². The maximum atomic E-state index is 13.2. The number of rotatable bonds is 9. The number of carbonyl (C=O) groups excluding carboxylic acids is 1. The molecule has 1 amide bonds. The summed E-state index contributed by atoms with van der Waals surface area (Å²) in [5.74, 6) is 0.371. The second-order valence-electron chi connectivity index (χ2n) is 7.66. The number of likely N-dealkylation sites (N-methyl/N-ethyl adjacent to an activating group) is 1. The van der Waals surface area contributed by atoms with Gasteiger partial charge in [0.15, 0.2) is 0 Å². The van der Waals surface area contributed by atoms with Crippen molar-refractivity contribution >= 4 is 15.9 Å². The standard InChI is InChI=1S/C23H27N3O5S/c1-25(32(28,29)22-10-8-18(14-24)9-11-22)17-23(27)26(16-21-7-4-12-31-21)15-19-5-3-6-20(13-19)30-2/h3,5-6,8-11,13,21H,4,7,12,15-17H2,1-2H3. The number of methoxy groups -OCH3 is 1. The van der Waals surface area contributed by atoms with Crippen molar-refractivity contribution in [2.75, 3.05) is 33.9 Å². The Kier molecular flexibility index (Phi) is 7.85. The number of hydrogen-bond donors (Lipinski definition) is 0. The van der Waals surface area contributed by atoms with Crippen molar-refractivity contribution in [3.05, 3.63) is 59.7 Å². The van der Waals surface area contributed by atoms with E-state index in [4.69, 9.17) is 14.7 Å². The van der Waals surface area contributed by atoms with Crippen LogP contribution in [0.25, 0.3) is 0 Å². The molecule has 32 heavy (non-hydrogen) atoms. The third kappa shape index (κ3) is 5.85. The van der Waals surface area contributed by atoms with Crippen LogP contribution >= 0.6 is 0 Å². The van der Waals surface area contributed by atoms with Gasteiger partial charge < -0.3 is 14.4 Å². The molecule has 0 aliphatic carbocycles. The number of hydrogen-bond acceptors (Lipinski definition) is 6. The molecule has 0 aromatic heterocycles. The Bertz CT molecular complexity index is 1070. The second-order valence-corrected chi connectivity index (χ2v) is 9.70. The van der Waals surface area contributed by atoms with E-state index in [1.165, 1.54) is 31.3 Å². The van der Waals surface area contributed by atoms with Crippen molar-refractivity contribution < 1.29 is 22.7 Å². The highest BCUT2D eigenvalue weighted by Crippen LogP contribution is 2.19. The monoisotopic (exact) mass is 457 g/mol. The van der Waals surface area contributed by atoms with Gasteiger partial charge in [-0.15, -0.1) is 0 Å². The molecule has 1 heterocycles. The molecule has 0 N–H and O–H groups in total. The third-order valence-corrected chi connectivity index (χ3v) is 7.18. The normalized spacial score (nSPS) is 16.0. The van der Waals surface area contributed by atoms with Crippen LogP contribution in [-0.4, -0.2) is 63.5 Å². The van der Waals surface area contributed by atoms with Gasteiger partial charge in [-0.1, -0.05) is 12.1 Å². The highest BCUT2D eigenvalue weighted by Gasteiger charge is 2.28. The van der Waals surface area contributed by atoms with Crippen LogP contribution in [0, 0.1) is 11.3 Å². The Hall–Kier alpha value is -2.93. The first-order chi connectivity index (χ1) is 15.3. The summed E-state index contributed by atoms with van der Waals surface area (Å²) < 4.78 is 37.8. The Balaban J connectivity index is 1.75. The maximum Gasteiger partial charge on any atom is 0.243 e. The average Bonchev–Trinajstić information content (AvgIpc) is 3.32. The largest absolute Gasteiger partial charge is 0.497 e. The van der Waals surface area contributed by atoms with Crippen LogP contribution in [0.1, 0.15) is 24.0 Å². The predicted molar refractivity (Wildman–Crippen MR) is 118 cm³/mol. The van der Waals surface area contributed by atoms with Gasteiger partial charge in [0.1, 0.15) is 5.75 Å². The summed E-state index contributed by atoms with van der Waals surface area (Å²) >= 11 is 0.